The van der Waals surface area contributed by atoms with Crippen LogP contribution in [-0.2, 0) is 6.54 Å². The summed E-state index contributed by atoms with van der Waals surface area (Å²) in [5.41, 5.74) is 4.58. The molecule has 4 aromatic rings. The van der Waals surface area contributed by atoms with E-state index in [-0.39, 0.29) is 0 Å². The number of rotatable bonds is 5. The number of para-hydroxylation sites is 2. The number of aromatic nitrogens is 1. The summed E-state index contributed by atoms with van der Waals surface area (Å²) in [6, 6.07) is 25.0. The first-order valence-electron chi connectivity index (χ1n) is 11.0. The third-order valence-electron chi connectivity index (χ3n) is 5.91. The van der Waals surface area contributed by atoms with Gasteiger partial charge in [-0.2, -0.15) is 0 Å². The predicted octanol–water partition coefficient (Wildman–Crippen LogP) is 6.10. The van der Waals surface area contributed by atoms with E-state index in [1.54, 1.807) is 0 Å². The number of ether oxygens (including phenoxy) is 1. The highest BCUT2D eigenvalue weighted by Crippen LogP contribution is 2.34. The lowest BCUT2D eigenvalue weighted by molar-refractivity contribution is 0.0696. The topological polar surface area (TPSA) is 62.7 Å². The van der Waals surface area contributed by atoms with Crippen LogP contribution in [-0.4, -0.2) is 34.0 Å². The first kappa shape index (κ1) is 20.9. The molecule has 33 heavy (non-hydrogen) atoms. The number of likely N-dealkylation sites (N-methyl/N-ethyl adjacent to an activating group) is 1. The van der Waals surface area contributed by atoms with Gasteiger partial charge in [-0.1, -0.05) is 55.5 Å². The van der Waals surface area contributed by atoms with E-state index >= 15 is 0 Å². The molecule has 5 heteroatoms. The van der Waals surface area contributed by atoms with Gasteiger partial charge in [-0.15, -0.1) is 0 Å². The lowest BCUT2D eigenvalue weighted by atomic mass is 9.92. The number of hydrogen-bond acceptors (Lipinski definition) is 4. The number of benzene rings is 3. The fraction of sp³-hybridized carbons (Fsp3) is 0.143. The summed E-state index contributed by atoms with van der Waals surface area (Å²) >= 11 is 0. The molecular formula is C28H24N2O3. The number of pyridine rings is 1. The van der Waals surface area contributed by atoms with Gasteiger partial charge < -0.3 is 9.84 Å². The van der Waals surface area contributed by atoms with E-state index < -0.39 is 5.97 Å². The van der Waals surface area contributed by atoms with Gasteiger partial charge in [0.25, 0.3) is 0 Å². The minimum atomic E-state index is -0.916. The van der Waals surface area contributed by atoms with Gasteiger partial charge in [0.2, 0.25) is 0 Å². The van der Waals surface area contributed by atoms with Gasteiger partial charge >= 0.3 is 5.97 Å². The molecule has 5 rings (SSSR count). The molecular weight excluding hydrogens is 412 g/mol. The summed E-state index contributed by atoms with van der Waals surface area (Å²) in [4.78, 5) is 19.4. The monoisotopic (exact) mass is 436 g/mol. The van der Waals surface area contributed by atoms with Crippen molar-refractivity contribution in [3.05, 3.63) is 101 Å². The average molecular weight is 437 g/mol. The molecule has 0 saturated carbocycles. The number of carbonyl (C=O) groups is 1. The maximum atomic E-state index is 12.3. The number of aromatic carboxylic acids is 1. The van der Waals surface area contributed by atoms with Crippen molar-refractivity contribution < 1.29 is 14.6 Å². The Morgan fingerprint density at radius 1 is 1.00 bits per heavy atom. The Labute approximate surface area is 192 Å². The number of hydrogen-bond donors (Lipinski definition) is 1. The highest BCUT2D eigenvalue weighted by Gasteiger charge is 2.27. The van der Waals surface area contributed by atoms with E-state index in [0.717, 1.165) is 40.4 Å². The molecule has 1 N–H and O–H groups in total. The highest BCUT2D eigenvalue weighted by molar-refractivity contribution is 6.06. The summed E-state index contributed by atoms with van der Waals surface area (Å²) in [6.07, 6.45) is 2.09. The van der Waals surface area contributed by atoms with Gasteiger partial charge in [-0.3, -0.25) is 4.90 Å². The Morgan fingerprint density at radius 2 is 1.76 bits per heavy atom. The highest BCUT2D eigenvalue weighted by atomic mass is 16.5. The SMILES string of the molecule is CCN1C/C(=C\c2cccc(Oc3ccccc3)c2)c2nc3ccccc3c(C(=O)O)c2C1. The zero-order valence-corrected chi connectivity index (χ0v) is 18.4. The maximum Gasteiger partial charge on any atom is 0.336 e. The van der Waals surface area contributed by atoms with Crippen LogP contribution in [0.15, 0.2) is 78.9 Å². The number of fused-ring (bicyclic) bond motifs is 2. The molecule has 1 aliphatic heterocycles. The number of carboxylic acid groups (broad SMARTS) is 1. The third kappa shape index (κ3) is 4.23. The minimum Gasteiger partial charge on any atom is -0.478 e. The predicted molar refractivity (Wildman–Crippen MR) is 130 cm³/mol. The normalized spacial score (nSPS) is 14.9. The maximum absolute atomic E-state index is 12.3. The fourth-order valence-corrected chi connectivity index (χ4v) is 4.34. The molecule has 5 nitrogen and oxygen atoms in total. The van der Waals surface area contributed by atoms with E-state index in [1.807, 2.05) is 78.9 Å². The Balaban J connectivity index is 1.61. The molecule has 0 atom stereocenters. The lowest BCUT2D eigenvalue weighted by Gasteiger charge is -2.30. The van der Waals surface area contributed by atoms with Crippen LogP contribution >= 0.6 is 0 Å². The van der Waals surface area contributed by atoms with Crippen molar-refractivity contribution in [3.63, 3.8) is 0 Å². The van der Waals surface area contributed by atoms with E-state index in [2.05, 4.69) is 17.9 Å². The zero-order valence-electron chi connectivity index (χ0n) is 18.4. The van der Waals surface area contributed by atoms with Crippen molar-refractivity contribution >= 4 is 28.5 Å². The van der Waals surface area contributed by atoms with E-state index in [0.29, 0.717) is 29.6 Å². The summed E-state index contributed by atoms with van der Waals surface area (Å²) < 4.78 is 6.00. The average Bonchev–Trinajstić information content (AvgIpc) is 2.83. The van der Waals surface area contributed by atoms with E-state index in [1.165, 1.54) is 0 Å². The van der Waals surface area contributed by atoms with Crippen molar-refractivity contribution in [2.45, 2.75) is 13.5 Å². The van der Waals surface area contributed by atoms with Crippen LogP contribution in [0, 0.1) is 0 Å². The number of carboxylic acids is 1. The first-order valence-corrected chi connectivity index (χ1v) is 11.0. The first-order chi connectivity index (χ1) is 16.1. The van der Waals surface area contributed by atoms with Crippen LogP contribution in [0.25, 0.3) is 22.6 Å². The summed E-state index contributed by atoms with van der Waals surface area (Å²) in [6.45, 7) is 4.18. The van der Waals surface area contributed by atoms with Gasteiger partial charge in [0.15, 0.2) is 0 Å². The second kappa shape index (κ2) is 8.88. The van der Waals surface area contributed by atoms with Crippen molar-refractivity contribution in [2.75, 3.05) is 13.1 Å². The van der Waals surface area contributed by atoms with Crippen LogP contribution < -0.4 is 4.74 Å². The molecule has 1 aromatic heterocycles. The van der Waals surface area contributed by atoms with Gasteiger partial charge in [0, 0.05) is 24.0 Å². The Bertz CT molecular complexity index is 1360. The van der Waals surface area contributed by atoms with Crippen molar-refractivity contribution in [1.29, 1.82) is 0 Å². The molecule has 0 fully saturated rings. The van der Waals surface area contributed by atoms with Gasteiger partial charge in [-0.05, 0) is 54.1 Å². The molecule has 0 bridgehead atoms. The molecule has 3 aromatic carbocycles. The molecule has 0 aliphatic carbocycles. The van der Waals surface area contributed by atoms with Gasteiger partial charge in [0.1, 0.15) is 11.5 Å². The van der Waals surface area contributed by atoms with Crippen LogP contribution in [0.5, 0.6) is 11.5 Å². The van der Waals surface area contributed by atoms with Gasteiger partial charge in [0.05, 0.1) is 16.8 Å². The molecule has 2 heterocycles. The molecule has 164 valence electrons. The van der Waals surface area contributed by atoms with Crippen molar-refractivity contribution in [1.82, 2.24) is 9.88 Å². The van der Waals surface area contributed by atoms with Crippen LogP contribution in [0.3, 0.4) is 0 Å². The number of nitrogens with zero attached hydrogens (tertiary/aromatic N) is 2. The minimum absolute atomic E-state index is 0.348. The summed E-state index contributed by atoms with van der Waals surface area (Å²) in [5.74, 6) is 0.610. The van der Waals surface area contributed by atoms with E-state index in [9.17, 15) is 9.90 Å². The molecule has 0 amide bonds. The summed E-state index contributed by atoms with van der Waals surface area (Å²) in [7, 11) is 0. The van der Waals surface area contributed by atoms with Gasteiger partial charge in [-0.25, -0.2) is 9.78 Å². The molecule has 0 radical (unpaired) electrons. The fourth-order valence-electron chi connectivity index (χ4n) is 4.34. The quantitative estimate of drug-likeness (QED) is 0.409. The Hall–Kier alpha value is -3.96. The largest absolute Gasteiger partial charge is 0.478 e. The Morgan fingerprint density at radius 3 is 2.55 bits per heavy atom. The van der Waals surface area contributed by atoms with Crippen molar-refractivity contribution in [3.8, 4) is 11.5 Å². The Kier molecular flexibility index (Phi) is 5.63. The molecule has 0 saturated heterocycles. The summed E-state index contributed by atoms with van der Waals surface area (Å²) in [5, 5.41) is 10.7. The smallest absolute Gasteiger partial charge is 0.336 e. The second-order valence-corrected chi connectivity index (χ2v) is 8.10. The molecule has 1 aliphatic rings. The third-order valence-corrected chi connectivity index (χ3v) is 5.91. The van der Waals surface area contributed by atoms with E-state index in [4.69, 9.17) is 9.72 Å². The van der Waals surface area contributed by atoms with Crippen LogP contribution in [0.4, 0.5) is 0 Å². The molecule has 0 spiro atoms. The molecule has 0 unspecified atom stereocenters. The zero-order chi connectivity index (χ0) is 22.8. The second-order valence-electron chi connectivity index (χ2n) is 8.10. The van der Waals surface area contributed by atoms with Crippen LogP contribution in [0.2, 0.25) is 0 Å². The van der Waals surface area contributed by atoms with Crippen molar-refractivity contribution in [2.24, 2.45) is 0 Å². The standard InChI is InChI=1S/C28H24N2O3/c1-2-30-17-20(15-19-9-8-12-22(16-19)33-21-10-4-3-5-11-21)27-24(18-30)26(28(31)32)23-13-6-7-14-25(23)29-27/h3-16H,2,17-18H2,1H3,(H,31,32)/b20-15+. The lowest BCUT2D eigenvalue weighted by Crippen LogP contribution is -2.31. The van der Waals surface area contributed by atoms with Crippen LogP contribution in [0.1, 0.15) is 34.1 Å².